The summed E-state index contributed by atoms with van der Waals surface area (Å²) in [5.41, 5.74) is 0.807. The second-order valence-corrected chi connectivity index (χ2v) is 6.75. The minimum atomic E-state index is -0.0519. The first kappa shape index (κ1) is 17.8. The van der Waals surface area contributed by atoms with Crippen LogP contribution in [0.5, 0.6) is 0 Å². The number of aromatic nitrogens is 3. The van der Waals surface area contributed by atoms with Crippen LogP contribution in [-0.2, 0) is 17.6 Å². The molecule has 1 unspecified atom stereocenters. The summed E-state index contributed by atoms with van der Waals surface area (Å²) in [5, 5.41) is 8.11. The van der Waals surface area contributed by atoms with Crippen molar-refractivity contribution >= 4 is 29.3 Å². The minimum absolute atomic E-state index is 0.0219. The largest absolute Gasteiger partial charge is 0.353 e. The number of rotatable bonds is 7. The first-order chi connectivity index (χ1) is 11.0. The van der Waals surface area contributed by atoms with Gasteiger partial charge in [-0.25, -0.2) is 9.67 Å². The predicted molar refractivity (Wildman–Crippen MR) is 95.4 cm³/mol. The lowest BCUT2D eigenvalue weighted by molar-refractivity contribution is -0.119. The van der Waals surface area contributed by atoms with Gasteiger partial charge in [0.05, 0.1) is 10.7 Å². The molecule has 0 radical (unpaired) electrons. The van der Waals surface area contributed by atoms with Crippen molar-refractivity contribution in [2.24, 2.45) is 0 Å². The third-order valence-corrected chi connectivity index (χ3v) is 4.20. The Bertz CT molecular complexity index is 674. The number of nitrogens with one attached hydrogen (secondary N) is 1. The first-order valence-corrected chi connectivity index (χ1v) is 9.24. The van der Waals surface area contributed by atoms with Gasteiger partial charge in [0, 0.05) is 31.6 Å². The van der Waals surface area contributed by atoms with Gasteiger partial charge in [-0.2, -0.15) is 16.9 Å². The average molecular weight is 353 g/mol. The number of thioether (sulfide) groups is 1. The molecular weight excluding hydrogens is 332 g/mol. The number of aryl methyl sites for hydroxylation is 1. The molecule has 7 heteroatoms. The predicted octanol–water partition coefficient (Wildman–Crippen LogP) is 2.89. The lowest BCUT2D eigenvalue weighted by atomic mass is 10.2. The second-order valence-electron chi connectivity index (χ2n) is 5.36. The van der Waals surface area contributed by atoms with Crippen molar-refractivity contribution in [3.8, 4) is 5.69 Å². The van der Waals surface area contributed by atoms with Crippen molar-refractivity contribution in [3.05, 3.63) is 40.9 Å². The number of nitrogens with zero attached hydrogens (tertiary/aromatic N) is 3. The molecular formula is C16H21ClN4OS. The number of benzene rings is 1. The zero-order valence-corrected chi connectivity index (χ0v) is 15.1. The summed E-state index contributed by atoms with van der Waals surface area (Å²) in [5.74, 6) is 2.51. The van der Waals surface area contributed by atoms with Gasteiger partial charge >= 0.3 is 0 Å². The van der Waals surface area contributed by atoms with Crippen molar-refractivity contribution in [2.45, 2.75) is 32.7 Å². The van der Waals surface area contributed by atoms with Gasteiger partial charge in [-0.3, -0.25) is 4.79 Å². The van der Waals surface area contributed by atoms with Crippen molar-refractivity contribution in [1.82, 2.24) is 20.1 Å². The van der Waals surface area contributed by atoms with Crippen LogP contribution in [0.3, 0.4) is 0 Å². The number of amides is 1. The van der Waals surface area contributed by atoms with Gasteiger partial charge in [-0.05, 0) is 25.3 Å². The van der Waals surface area contributed by atoms with Crippen LogP contribution in [-0.4, -0.2) is 38.7 Å². The Hall–Kier alpha value is -1.53. The van der Waals surface area contributed by atoms with E-state index in [9.17, 15) is 4.79 Å². The fourth-order valence-corrected chi connectivity index (χ4v) is 2.91. The fraction of sp³-hybridized carbons (Fsp3) is 0.438. The lowest BCUT2D eigenvalue weighted by Gasteiger charge is -2.13. The number of carbonyl (C=O) groups excluding carboxylic acids is 1. The van der Waals surface area contributed by atoms with E-state index in [0.717, 1.165) is 29.5 Å². The summed E-state index contributed by atoms with van der Waals surface area (Å²) in [6.45, 7) is 3.47. The summed E-state index contributed by atoms with van der Waals surface area (Å²) < 4.78 is 1.79. The molecule has 0 fully saturated rings. The van der Waals surface area contributed by atoms with Crippen LogP contribution in [0, 0.1) is 0 Å². The Labute approximate surface area is 145 Å². The van der Waals surface area contributed by atoms with Crippen LogP contribution in [0.1, 0.15) is 25.5 Å². The van der Waals surface area contributed by atoms with E-state index in [1.54, 1.807) is 16.4 Å². The number of hydrogen-bond acceptors (Lipinski definition) is 4. The van der Waals surface area contributed by atoms with Gasteiger partial charge < -0.3 is 5.32 Å². The molecule has 1 aromatic carbocycles. The van der Waals surface area contributed by atoms with Gasteiger partial charge in [0.1, 0.15) is 5.82 Å². The number of hydrogen-bond donors (Lipinski definition) is 1. The van der Waals surface area contributed by atoms with E-state index >= 15 is 0 Å². The van der Waals surface area contributed by atoms with E-state index < -0.39 is 0 Å². The van der Waals surface area contributed by atoms with Gasteiger partial charge in [0.15, 0.2) is 5.82 Å². The summed E-state index contributed by atoms with van der Waals surface area (Å²) in [7, 11) is 0. The first-order valence-electron chi connectivity index (χ1n) is 7.47. The molecule has 1 aromatic heterocycles. The summed E-state index contributed by atoms with van der Waals surface area (Å²) in [6.07, 6.45) is 3.46. The molecule has 1 atom stereocenters. The smallest absolute Gasteiger partial charge is 0.217 e. The lowest BCUT2D eigenvalue weighted by Crippen LogP contribution is -2.32. The maximum atomic E-state index is 11.2. The molecule has 2 rings (SSSR count). The van der Waals surface area contributed by atoms with E-state index in [-0.39, 0.29) is 11.9 Å². The molecule has 0 aliphatic rings. The SMILES string of the molecule is CSCCc1nc(CC(C)NC(C)=O)n(-c2ccccc2Cl)n1. The summed E-state index contributed by atoms with van der Waals surface area (Å²) in [6, 6.07) is 7.54. The zero-order chi connectivity index (χ0) is 16.8. The minimum Gasteiger partial charge on any atom is -0.353 e. The van der Waals surface area contributed by atoms with Crippen molar-refractivity contribution in [1.29, 1.82) is 0 Å². The van der Waals surface area contributed by atoms with Crippen LogP contribution in [0.25, 0.3) is 5.69 Å². The average Bonchev–Trinajstić information content (AvgIpc) is 2.87. The van der Waals surface area contributed by atoms with Crippen molar-refractivity contribution in [3.63, 3.8) is 0 Å². The number of carbonyl (C=O) groups is 1. The molecule has 5 nitrogen and oxygen atoms in total. The van der Waals surface area contributed by atoms with Crippen LogP contribution in [0.4, 0.5) is 0 Å². The number of para-hydroxylation sites is 1. The fourth-order valence-electron chi connectivity index (χ4n) is 2.31. The van der Waals surface area contributed by atoms with E-state index in [0.29, 0.717) is 11.4 Å². The highest BCUT2D eigenvalue weighted by molar-refractivity contribution is 7.98. The quantitative estimate of drug-likeness (QED) is 0.832. The van der Waals surface area contributed by atoms with Gasteiger partial charge in [0.25, 0.3) is 0 Å². The number of halogens is 1. The van der Waals surface area contributed by atoms with E-state index in [1.807, 2.05) is 31.2 Å². The normalized spacial score (nSPS) is 12.2. The Morgan fingerprint density at radius 3 is 2.83 bits per heavy atom. The molecule has 23 heavy (non-hydrogen) atoms. The maximum absolute atomic E-state index is 11.2. The van der Waals surface area contributed by atoms with E-state index in [4.69, 9.17) is 11.6 Å². The van der Waals surface area contributed by atoms with Gasteiger partial charge in [-0.1, -0.05) is 23.7 Å². The molecule has 0 spiro atoms. The topological polar surface area (TPSA) is 59.8 Å². The highest BCUT2D eigenvalue weighted by atomic mass is 35.5. The molecule has 0 aliphatic heterocycles. The Balaban J connectivity index is 2.32. The molecule has 2 aromatic rings. The highest BCUT2D eigenvalue weighted by Gasteiger charge is 2.16. The Morgan fingerprint density at radius 1 is 1.43 bits per heavy atom. The third kappa shape index (κ3) is 4.97. The van der Waals surface area contributed by atoms with Crippen molar-refractivity contribution in [2.75, 3.05) is 12.0 Å². The molecule has 1 N–H and O–H groups in total. The van der Waals surface area contributed by atoms with Crippen LogP contribution in [0.15, 0.2) is 24.3 Å². The van der Waals surface area contributed by atoms with Crippen LogP contribution < -0.4 is 5.32 Å². The third-order valence-electron chi connectivity index (χ3n) is 3.27. The van der Waals surface area contributed by atoms with Gasteiger partial charge in [-0.15, -0.1) is 0 Å². The van der Waals surface area contributed by atoms with Crippen LogP contribution in [0.2, 0.25) is 5.02 Å². The molecule has 0 saturated heterocycles. The van der Waals surface area contributed by atoms with E-state index in [1.165, 1.54) is 6.92 Å². The van der Waals surface area contributed by atoms with Crippen molar-refractivity contribution < 1.29 is 4.79 Å². The van der Waals surface area contributed by atoms with Gasteiger partial charge in [0.2, 0.25) is 5.91 Å². The summed E-state index contributed by atoms with van der Waals surface area (Å²) in [4.78, 5) is 15.9. The van der Waals surface area contributed by atoms with Crippen LogP contribution >= 0.6 is 23.4 Å². The monoisotopic (exact) mass is 352 g/mol. The molecule has 1 heterocycles. The zero-order valence-electron chi connectivity index (χ0n) is 13.5. The van der Waals surface area contributed by atoms with E-state index in [2.05, 4.69) is 21.7 Å². The molecule has 0 bridgehead atoms. The maximum Gasteiger partial charge on any atom is 0.217 e. The Morgan fingerprint density at radius 2 is 2.17 bits per heavy atom. The molecule has 0 saturated carbocycles. The second kappa shape index (κ2) is 8.36. The highest BCUT2D eigenvalue weighted by Crippen LogP contribution is 2.21. The molecule has 0 aliphatic carbocycles. The molecule has 1 amide bonds. The standard InChI is InChI=1S/C16H21ClN4OS/c1-11(18-12(2)22)10-16-19-15(8-9-23-3)20-21(16)14-7-5-4-6-13(14)17/h4-7,11H,8-10H2,1-3H3,(H,18,22). The molecule has 124 valence electrons. The Kier molecular flexibility index (Phi) is 6.47. The summed E-state index contributed by atoms with van der Waals surface area (Å²) >= 11 is 8.06.